The van der Waals surface area contributed by atoms with Crippen molar-refractivity contribution in [2.45, 2.75) is 39.0 Å². The second-order valence-corrected chi connectivity index (χ2v) is 8.25. The zero-order valence-electron chi connectivity index (χ0n) is 17.8. The van der Waals surface area contributed by atoms with E-state index in [9.17, 15) is 15.3 Å². The van der Waals surface area contributed by atoms with Gasteiger partial charge in [0.2, 0.25) is 0 Å². The minimum Gasteiger partial charge on any atom is -0.508 e. The van der Waals surface area contributed by atoms with Crippen molar-refractivity contribution >= 4 is 5.57 Å². The monoisotopic (exact) mass is 402 g/mol. The van der Waals surface area contributed by atoms with Gasteiger partial charge in [0, 0.05) is 5.92 Å². The third-order valence-corrected chi connectivity index (χ3v) is 5.59. The summed E-state index contributed by atoms with van der Waals surface area (Å²) >= 11 is 0. The van der Waals surface area contributed by atoms with Crippen LogP contribution < -0.4 is 0 Å². The Hall–Kier alpha value is -3.20. The molecule has 0 aliphatic rings. The highest BCUT2D eigenvalue weighted by atomic mass is 16.3. The number of phenolic OH excluding ortho intramolecular Hbond substituents is 3. The van der Waals surface area contributed by atoms with E-state index < -0.39 is 0 Å². The van der Waals surface area contributed by atoms with Crippen LogP contribution in [0.3, 0.4) is 0 Å². The Balaban J connectivity index is 1.99. The lowest BCUT2D eigenvalue weighted by molar-refractivity contribution is 0.474. The summed E-state index contributed by atoms with van der Waals surface area (Å²) in [6.07, 6.45) is 3.21. The van der Waals surface area contributed by atoms with Crippen LogP contribution in [0, 0.1) is 5.92 Å². The first-order valence-corrected chi connectivity index (χ1v) is 10.4. The first-order chi connectivity index (χ1) is 14.3. The molecule has 0 spiro atoms. The maximum Gasteiger partial charge on any atom is 0.115 e. The summed E-state index contributed by atoms with van der Waals surface area (Å²) in [5.74, 6) is 1.55. The molecule has 0 heterocycles. The normalized spacial score (nSPS) is 13.9. The third kappa shape index (κ3) is 5.44. The van der Waals surface area contributed by atoms with Crippen LogP contribution in [0.5, 0.6) is 17.2 Å². The van der Waals surface area contributed by atoms with Gasteiger partial charge in [0.25, 0.3) is 0 Å². The summed E-state index contributed by atoms with van der Waals surface area (Å²) in [6.45, 7) is 6.55. The number of hydrogen-bond donors (Lipinski definition) is 3. The number of aromatic hydroxyl groups is 3. The van der Waals surface area contributed by atoms with Crippen LogP contribution in [-0.4, -0.2) is 15.3 Å². The molecule has 156 valence electrons. The van der Waals surface area contributed by atoms with Crippen molar-refractivity contribution < 1.29 is 15.3 Å². The van der Waals surface area contributed by atoms with Gasteiger partial charge >= 0.3 is 0 Å². The zero-order valence-corrected chi connectivity index (χ0v) is 17.8. The molecule has 30 heavy (non-hydrogen) atoms. The zero-order chi connectivity index (χ0) is 21.7. The third-order valence-electron chi connectivity index (χ3n) is 5.59. The standard InChI is InChI=1S/C27H30O3/c1-18(2)27(22-8-14-26(30)15-9-22)17-23(21-6-12-25(29)13-7-21)16-19(3)20-4-10-24(28)11-5-20/h4-15,17-19,23,28-30H,16H2,1-3H3. The van der Waals surface area contributed by atoms with Gasteiger partial charge in [0.15, 0.2) is 0 Å². The first kappa shape index (κ1) is 21.5. The lowest BCUT2D eigenvalue weighted by atomic mass is 9.82. The summed E-state index contributed by atoms with van der Waals surface area (Å²) < 4.78 is 0. The minimum absolute atomic E-state index is 0.153. The van der Waals surface area contributed by atoms with Gasteiger partial charge in [-0.15, -0.1) is 0 Å². The maximum absolute atomic E-state index is 9.74. The van der Waals surface area contributed by atoms with Crippen molar-refractivity contribution in [3.8, 4) is 17.2 Å². The average Bonchev–Trinajstić information content (AvgIpc) is 2.72. The van der Waals surface area contributed by atoms with Crippen LogP contribution in [0.2, 0.25) is 0 Å². The molecule has 0 aliphatic carbocycles. The number of phenols is 3. The molecular formula is C27H30O3. The van der Waals surface area contributed by atoms with Gasteiger partial charge in [0.1, 0.15) is 17.2 Å². The largest absolute Gasteiger partial charge is 0.508 e. The Bertz CT molecular complexity index is 968. The fraction of sp³-hybridized carbons (Fsp3) is 0.259. The second-order valence-electron chi connectivity index (χ2n) is 8.25. The van der Waals surface area contributed by atoms with E-state index in [1.54, 1.807) is 36.4 Å². The molecule has 0 bridgehead atoms. The molecule has 0 amide bonds. The van der Waals surface area contributed by atoms with E-state index in [-0.39, 0.29) is 29.1 Å². The fourth-order valence-electron chi connectivity index (χ4n) is 3.83. The van der Waals surface area contributed by atoms with Gasteiger partial charge in [-0.05, 0) is 76.9 Å². The lowest BCUT2D eigenvalue weighted by Gasteiger charge is -2.22. The second kappa shape index (κ2) is 9.53. The summed E-state index contributed by atoms with van der Waals surface area (Å²) in [6, 6.07) is 22.2. The van der Waals surface area contributed by atoms with Gasteiger partial charge in [0.05, 0.1) is 0 Å². The van der Waals surface area contributed by atoms with E-state index in [0.717, 1.165) is 17.5 Å². The van der Waals surface area contributed by atoms with E-state index in [1.807, 2.05) is 36.4 Å². The average molecular weight is 403 g/mol. The van der Waals surface area contributed by atoms with Crippen LogP contribution in [0.1, 0.15) is 55.7 Å². The molecule has 3 aromatic rings. The Morgan fingerprint density at radius 2 is 1.10 bits per heavy atom. The van der Waals surface area contributed by atoms with E-state index in [2.05, 4.69) is 26.8 Å². The maximum atomic E-state index is 9.74. The Kier molecular flexibility index (Phi) is 6.83. The van der Waals surface area contributed by atoms with Crippen LogP contribution >= 0.6 is 0 Å². The summed E-state index contributed by atoms with van der Waals surface area (Å²) in [4.78, 5) is 0. The molecule has 0 aliphatic heterocycles. The van der Waals surface area contributed by atoms with Crippen molar-refractivity contribution in [2.24, 2.45) is 5.92 Å². The molecular weight excluding hydrogens is 372 g/mol. The van der Waals surface area contributed by atoms with Gasteiger partial charge in [-0.2, -0.15) is 0 Å². The van der Waals surface area contributed by atoms with Gasteiger partial charge in [-0.25, -0.2) is 0 Å². The molecule has 0 radical (unpaired) electrons. The predicted molar refractivity (Wildman–Crippen MR) is 123 cm³/mol. The first-order valence-electron chi connectivity index (χ1n) is 10.4. The van der Waals surface area contributed by atoms with E-state index >= 15 is 0 Å². The van der Waals surface area contributed by atoms with Crippen LogP contribution in [-0.2, 0) is 0 Å². The van der Waals surface area contributed by atoms with Gasteiger partial charge in [-0.1, -0.05) is 63.2 Å². The van der Waals surface area contributed by atoms with Crippen molar-refractivity contribution in [3.05, 3.63) is 95.6 Å². The molecule has 3 N–H and O–H groups in total. The number of allylic oxidation sites excluding steroid dienone is 2. The van der Waals surface area contributed by atoms with E-state index in [0.29, 0.717) is 5.92 Å². The molecule has 0 fully saturated rings. The molecule has 3 heteroatoms. The quantitative estimate of drug-likeness (QED) is 0.406. The van der Waals surface area contributed by atoms with Crippen LogP contribution in [0.25, 0.3) is 5.57 Å². The minimum atomic E-state index is 0.153. The highest BCUT2D eigenvalue weighted by Crippen LogP contribution is 2.36. The summed E-state index contributed by atoms with van der Waals surface area (Å²) in [5.41, 5.74) is 4.66. The summed E-state index contributed by atoms with van der Waals surface area (Å²) in [7, 11) is 0. The highest BCUT2D eigenvalue weighted by Gasteiger charge is 2.18. The highest BCUT2D eigenvalue weighted by molar-refractivity contribution is 5.68. The van der Waals surface area contributed by atoms with E-state index in [1.165, 1.54) is 11.1 Å². The van der Waals surface area contributed by atoms with Crippen molar-refractivity contribution in [2.75, 3.05) is 0 Å². The molecule has 0 aromatic heterocycles. The molecule has 3 nitrogen and oxygen atoms in total. The topological polar surface area (TPSA) is 60.7 Å². The summed E-state index contributed by atoms with van der Waals surface area (Å²) in [5, 5.41) is 29.0. The van der Waals surface area contributed by atoms with Crippen molar-refractivity contribution in [1.82, 2.24) is 0 Å². The predicted octanol–water partition coefficient (Wildman–Crippen LogP) is 6.82. The smallest absolute Gasteiger partial charge is 0.115 e. The SMILES string of the molecule is CC(C)C(=CC(CC(C)c1ccc(O)cc1)c1ccc(O)cc1)c1ccc(O)cc1. The van der Waals surface area contributed by atoms with Crippen molar-refractivity contribution in [3.63, 3.8) is 0 Å². The molecule has 2 unspecified atom stereocenters. The number of hydrogen-bond acceptors (Lipinski definition) is 3. The molecule has 3 rings (SSSR count). The van der Waals surface area contributed by atoms with Crippen LogP contribution in [0.4, 0.5) is 0 Å². The number of rotatable bonds is 7. The molecule has 0 saturated heterocycles. The molecule has 0 saturated carbocycles. The van der Waals surface area contributed by atoms with Gasteiger partial charge in [-0.3, -0.25) is 0 Å². The fourth-order valence-corrected chi connectivity index (χ4v) is 3.83. The number of benzene rings is 3. The van der Waals surface area contributed by atoms with Crippen LogP contribution in [0.15, 0.2) is 78.9 Å². The Morgan fingerprint density at radius 3 is 1.57 bits per heavy atom. The molecule has 2 atom stereocenters. The van der Waals surface area contributed by atoms with E-state index in [4.69, 9.17) is 0 Å². The Morgan fingerprint density at radius 1 is 0.667 bits per heavy atom. The Labute approximate surface area is 179 Å². The lowest BCUT2D eigenvalue weighted by Crippen LogP contribution is -2.05. The van der Waals surface area contributed by atoms with Gasteiger partial charge < -0.3 is 15.3 Å². The van der Waals surface area contributed by atoms with Crippen molar-refractivity contribution in [1.29, 1.82) is 0 Å². The molecule has 3 aromatic carbocycles.